The third-order valence-corrected chi connectivity index (χ3v) is 6.46. The number of piperazine rings is 1. The predicted octanol–water partition coefficient (Wildman–Crippen LogP) is 2.32. The summed E-state index contributed by atoms with van der Waals surface area (Å²) in [4.78, 5) is 42.7. The highest BCUT2D eigenvalue weighted by atomic mass is 16.6. The zero-order valence-electron chi connectivity index (χ0n) is 19.7. The molecule has 9 nitrogen and oxygen atoms in total. The summed E-state index contributed by atoms with van der Waals surface area (Å²) in [5.41, 5.74) is 0.0917. The van der Waals surface area contributed by atoms with Crippen molar-refractivity contribution in [3.05, 3.63) is 64.6 Å². The Bertz CT molecular complexity index is 1310. The third-order valence-electron chi connectivity index (χ3n) is 6.46. The van der Waals surface area contributed by atoms with Gasteiger partial charge in [-0.25, -0.2) is 4.68 Å². The van der Waals surface area contributed by atoms with Gasteiger partial charge in [0.2, 0.25) is 6.10 Å². The molecule has 2 aliphatic rings. The van der Waals surface area contributed by atoms with Gasteiger partial charge in [0.1, 0.15) is 6.61 Å². The maximum Gasteiger partial charge on any atom is 0.275 e. The summed E-state index contributed by atoms with van der Waals surface area (Å²) >= 11 is 0. The van der Waals surface area contributed by atoms with Gasteiger partial charge in [0.15, 0.2) is 17.2 Å². The lowest BCUT2D eigenvalue weighted by Gasteiger charge is -2.37. The molecule has 1 unspecified atom stereocenters. The van der Waals surface area contributed by atoms with Crippen molar-refractivity contribution in [2.75, 3.05) is 32.8 Å². The molecule has 1 fully saturated rings. The normalized spacial score (nSPS) is 17.5. The van der Waals surface area contributed by atoms with Gasteiger partial charge in [-0.15, -0.1) is 0 Å². The predicted molar refractivity (Wildman–Crippen MR) is 130 cm³/mol. The summed E-state index contributed by atoms with van der Waals surface area (Å²) in [6.07, 6.45) is 1.01. The number of aryl methyl sites for hydroxylation is 1. The monoisotopic (exact) mass is 476 g/mol. The molecule has 0 bridgehead atoms. The first-order valence-electron chi connectivity index (χ1n) is 12.0. The van der Waals surface area contributed by atoms with E-state index in [0.717, 1.165) is 12.8 Å². The van der Waals surface area contributed by atoms with E-state index in [0.29, 0.717) is 55.0 Å². The summed E-state index contributed by atoms with van der Waals surface area (Å²) in [5, 5.41) is 5.50. The number of unbranched alkanes of at least 4 members (excludes halogenated alkanes) is 1. The summed E-state index contributed by atoms with van der Waals surface area (Å²) in [6.45, 7) is 4.19. The van der Waals surface area contributed by atoms with Crippen molar-refractivity contribution < 1.29 is 19.1 Å². The van der Waals surface area contributed by atoms with Crippen molar-refractivity contribution in [2.45, 2.75) is 32.4 Å². The summed E-state index contributed by atoms with van der Waals surface area (Å²) in [7, 11) is 0. The second kappa shape index (κ2) is 9.77. The Morgan fingerprint density at radius 3 is 2.34 bits per heavy atom. The Morgan fingerprint density at radius 1 is 0.943 bits per heavy atom. The van der Waals surface area contributed by atoms with Crippen molar-refractivity contribution in [3.8, 4) is 11.5 Å². The van der Waals surface area contributed by atoms with Gasteiger partial charge in [0.25, 0.3) is 17.4 Å². The van der Waals surface area contributed by atoms with Crippen LogP contribution >= 0.6 is 0 Å². The molecule has 9 heteroatoms. The number of aromatic nitrogens is 2. The van der Waals surface area contributed by atoms with Gasteiger partial charge in [-0.05, 0) is 24.6 Å². The number of carbonyl (C=O) groups is 2. The average molecular weight is 477 g/mol. The van der Waals surface area contributed by atoms with E-state index in [1.54, 1.807) is 40.1 Å². The number of amides is 2. The molecule has 2 amide bonds. The van der Waals surface area contributed by atoms with Gasteiger partial charge in [0.05, 0.1) is 5.39 Å². The molecule has 3 heterocycles. The number of hydrogen-bond donors (Lipinski definition) is 0. The third kappa shape index (κ3) is 4.45. The standard InChI is InChI=1S/C26H28N4O5/c1-2-3-12-30-24(31)19-9-5-4-8-18(19)23(27-30)26(33)29-15-13-28(14-16-29)25(32)22-17-34-20-10-6-7-11-21(20)35-22/h4-11,22H,2-3,12-17H2,1H3. The number of hydrogen-bond acceptors (Lipinski definition) is 6. The van der Waals surface area contributed by atoms with Gasteiger partial charge in [-0.3, -0.25) is 14.4 Å². The Balaban J connectivity index is 1.29. The summed E-state index contributed by atoms with van der Waals surface area (Å²) in [5.74, 6) is 0.807. The Morgan fingerprint density at radius 2 is 1.60 bits per heavy atom. The van der Waals surface area contributed by atoms with Crippen LogP contribution in [0.3, 0.4) is 0 Å². The topological polar surface area (TPSA) is 94.0 Å². The molecule has 1 aromatic heterocycles. The highest BCUT2D eigenvalue weighted by molar-refractivity contribution is 6.04. The summed E-state index contributed by atoms with van der Waals surface area (Å²) in [6, 6.07) is 14.4. The molecule has 35 heavy (non-hydrogen) atoms. The van der Waals surface area contributed by atoms with E-state index in [9.17, 15) is 14.4 Å². The van der Waals surface area contributed by atoms with Gasteiger partial charge >= 0.3 is 0 Å². The molecular formula is C26H28N4O5. The van der Waals surface area contributed by atoms with Crippen LogP contribution in [0.1, 0.15) is 30.3 Å². The fourth-order valence-electron chi connectivity index (χ4n) is 4.48. The van der Waals surface area contributed by atoms with Gasteiger partial charge in [-0.1, -0.05) is 43.7 Å². The molecule has 2 aromatic carbocycles. The van der Waals surface area contributed by atoms with E-state index >= 15 is 0 Å². The zero-order chi connectivity index (χ0) is 24.4. The van der Waals surface area contributed by atoms with Crippen LogP contribution in [0.4, 0.5) is 0 Å². The Hall–Kier alpha value is -3.88. The number of benzene rings is 2. The van der Waals surface area contributed by atoms with Gasteiger partial charge < -0.3 is 19.3 Å². The van der Waals surface area contributed by atoms with Gasteiger partial charge in [0, 0.05) is 38.1 Å². The molecule has 182 valence electrons. The molecule has 3 aromatic rings. The van der Waals surface area contributed by atoms with Crippen LogP contribution in [0.5, 0.6) is 11.5 Å². The Labute approximate surface area is 202 Å². The second-order valence-electron chi connectivity index (χ2n) is 8.76. The maximum atomic E-state index is 13.5. The molecule has 1 saturated heterocycles. The number of fused-ring (bicyclic) bond motifs is 2. The van der Waals surface area contributed by atoms with Crippen LogP contribution in [0.2, 0.25) is 0 Å². The lowest BCUT2D eigenvalue weighted by atomic mass is 10.1. The first-order chi connectivity index (χ1) is 17.1. The molecule has 2 aliphatic heterocycles. The minimum absolute atomic E-state index is 0.150. The van der Waals surface area contributed by atoms with Crippen LogP contribution in [0, 0.1) is 0 Å². The molecule has 1 atom stereocenters. The van der Waals surface area contributed by atoms with E-state index in [2.05, 4.69) is 5.10 Å². The van der Waals surface area contributed by atoms with Crippen molar-refractivity contribution in [2.24, 2.45) is 0 Å². The average Bonchev–Trinajstić information content (AvgIpc) is 2.92. The smallest absolute Gasteiger partial charge is 0.275 e. The van der Waals surface area contributed by atoms with E-state index < -0.39 is 6.10 Å². The first kappa shape index (κ1) is 22.9. The lowest BCUT2D eigenvalue weighted by molar-refractivity contribution is -0.142. The number of para-hydroxylation sites is 2. The molecule has 0 N–H and O–H groups in total. The largest absolute Gasteiger partial charge is 0.485 e. The molecule has 0 spiro atoms. The molecule has 5 rings (SSSR count). The second-order valence-corrected chi connectivity index (χ2v) is 8.76. The van der Waals surface area contributed by atoms with E-state index in [1.807, 2.05) is 25.1 Å². The van der Waals surface area contributed by atoms with Crippen LogP contribution in [-0.4, -0.2) is 70.3 Å². The first-order valence-corrected chi connectivity index (χ1v) is 12.0. The number of rotatable bonds is 5. The molecule has 0 saturated carbocycles. The molecule has 0 aliphatic carbocycles. The number of nitrogens with zero attached hydrogens (tertiary/aromatic N) is 4. The van der Waals surface area contributed by atoms with Crippen molar-refractivity contribution in [1.29, 1.82) is 0 Å². The van der Waals surface area contributed by atoms with Crippen LogP contribution in [-0.2, 0) is 11.3 Å². The molecule has 0 radical (unpaired) electrons. The quantitative estimate of drug-likeness (QED) is 0.561. The van der Waals surface area contributed by atoms with Crippen LogP contribution < -0.4 is 15.0 Å². The van der Waals surface area contributed by atoms with E-state index in [1.165, 1.54) is 4.68 Å². The SMILES string of the molecule is CCCCn1nc(C(=O)N2CCN(C(=O)C3COc4ccccc4O3)CC2)c2ccccc2c1=O. The minimum atomic E-state index is -0.708. The zero-order valence-corrected chi connectivity index (χ0v) is 19.7. The molecular weight excluding hydrogens is 448 g/mol. The van der Waals surface area contributed by atoms with Crippen LogP contribution in [0.15, 0.2) is 53.3 Å². The minimum Gasteiger partial charge on any atom is -0.485 e. The van der Waals surface area contributed by atoms with Crippen molar-refractivity contribution >= 4 is 22.6 Å². The van der Waals surface area contributed by atoms with Crippen LogP contribution in [0.25, 0.3) is 10.8 Å². The maximum absolute atomic E-state index is 13.5. The number of ether oxygens (including phenoxy) is 2. The van der Waals surface area contributed by atoms with E-state index in [4.69, 9.17) is 9.47 Å². The fourth-order valence-corrected chi connectivity index (χ4v) is 4.48. The summed E-state index contributed by atoms with van der Waals surface area (Å²) < 4.78 is 12.9. The number of carbonyl (C=O) groups excluding carboxylic acids is 2. The highest BCUT2D eigenvalue weighted by Gasteiger charge is 2.34. The van der Waals surface area contributed by atoms with Crippen molar-refractivity contribution in [3.63, 3.8) is 0 Å². The highest BCUT2D eigenvalue weighted by Crippen LogP contribution is 2.31. The Kier molecular flexibility index (Phi) is 6.39. The lowest BCUT2D eigenvalue weighted by Crippen LogP contribution is -2.55. The van der Waals surface area contributed by atoms with Crippen molar-refractivity contribution in [1.82, 2.24) is 19.6 Å². The van der Waals surface area contributed by atoms with Gasteiger partial charge in [-0.2, -0.15) is 5.10 Å². The fraction of sp³-hybridized carbons (Fsp3) is 0.385. The van der Waals surface area contributed by atoms with E-state index in [-0.39, 0.29) is 29.7 Å².